The molecule has 6 heteroatoms. The van der Waals surface area contributed by atoms with Crippen LogP contribution in [0.15, 0.2) is 48.9 Å². The van der Waals surface area contributed by atoms with Crippen LogP contribution in [-0.2, 0) is 26.6 Å². The van der Waals surface area contributed by atoms with Crippen LogP contribution >= 0.6 is 0 Å². The minimum absolute atomic E-state index is 0.0139. The molecule has 130 valence electrons. The van der Waals surface area contributed by atoms with Gasteiger partial charge in [0.25, 0.3) is 5.91 Å². The number of amides is 1. The van der Waals surface area contributed by atoms with Gasteiger partial charge < -0.3 is 4.90 Å². The van der Waals surface area contributed by atoms with Gasteiger partial charge >= 0.3 is 0 Å². The predicted molar refractivity (Wildman–Crippen MR) is 96.2 cm³/mol. The molecule has 0 spiro atoms. The lowest BCUT2D eigenvalue weighted by molar-refractivity contribution is 0.0784. The topological polar surface area (TPSA) is 56.0 Å². The number of carbonyl (C=O) groups is 1. The zero-order valence-electron chi connectivity index (χ0n) is 14.9. The van der Waals surface area contributed by atoms with Gasteiger partial charge in [-0.25, -0.2) is 0 Å². The summed E-state index contributed by atoms with van der Waals surface area (Å²) in [4.78, 5) is 14.6. The molecule has 0 aliphatic rings. The first-order chi connectivity index (χ1) is 12.1. The van der Waals surface area contributed by atoms with E-state index in [0.29, 0.717) is 18.7 Å². The van der Waals surface area contributed by atoms with E-state index in [-0.39, 0.29) is 5.91 Å². The summed E-state index contributed by atoms with van der Waals surface area (Å²) in [5, 5.41) is 8.60. The van der Waals surface area contributed by atoms with Gasteiger partial charge in [0.2, 0.25) is 0 Å². The lowest BCUT2D eigenvalue weighted by atomic mass is 10.1. The van der Waals surface area contributed by atoms with E-state index in [2.05, 4.69) is 29.3 Å². The Kier molecular flexibility index (Phi) is 4.97. The molecule has 25 heavy (non-hydrogen) atoms. The van der Waals surface area contributed by atoms with Crippen LogP contribution in [0.5, 0.6) is 0 Å². The Morgan fingerprint density at radius 1 is 1.12 bits per heavy atom. The van der Waals surface area contributed by atoms with Gasteiger partial charge in [0.15, 0.2) is 0 Å². The highest BCUT2D eigenvalue weighted by Crippen LogP contribution is 2.15. The third-order valence-electron chi connectivity index (χ3n) is 4.21. The molecule has 1 aromatic carbocycles. The fourth-order valence-corrected chi connectivity index (χ4v) is 2.96. The first-order valence-corrected chi connectivity index (χ1v) is 8.40. The molecule has 0 bridgehead atoms. The molecule has 0 N–H and O–H groups in total. The summed E-state index contributed by atoms with van der Waals surface area (Å²) in [6.07, 6.45) is 6.14. The van der Waals surface area contributed by atoms with Gasteiger partial charge in [0.1, 0.15) is 0 Å². The maximum absolute atomic E-state index is 12.8. The Balaban J connectivity index is 1.78. The van der Waals surface area contributed by atoms with Crippen molar-refractivity contribution >= 4 is 5.91 Å². The zero-order valence-corrected chi connectivity index (χ0v) is 14.9. The first-order valence-electron chi connectivity index (χ1n) is 8.40. The van der Waals surface area contributed by atoms with Crippen molar-refractivity contribution in [3.63, 3.8) is 0 Å². The number of carbonyl (C=O) groups excluding carboxylic acids is 1. The Hall–Kier alpha value is -2.89. The number of benzene rings is 1. The summed E-state index contributed by atoms with van der Waals surface area (Å²) < 4.78 is 3.66. The van der Waals surface area contributed by atoms with Crippen LogP contribution < -0.4 is 0 Å². The smallest absolute Gasteiger partial charge is 0.257 e. The Morgan fingerprint density at radius 2 is 1.88 bits per heavy atom. The molecule has 0 atom stereocenters. The maximum Gasteiger partial charge on any atom is 0.257 e. The van der Waals surface area contributed by atoms with Crippen molar-refractivity contribution in [2.75, 3.05) is 7.05 Å². The second-order valence-corrected chi connectivity index (χ2v) is 6.19. The molecular weight excluding hydrogens is 314 g/mol. The second kappa shape index (κ2) is 7.34. The molecule has 0 fully saturated rings. The molecule has 1 amide bonds. The number of aryl methyl sites for hydroxylation is 1. The summed E-state index contributed by atoms with van der Waals surface area (Å²) in [5.74, 6) is -0.0139. The highest BCUT2D eigenvalue weighted by atomic mass is 16.2. The molecular formula is C19H23N5O. The third-order valence-corrected chi connectivity index (χ3v) is 4.21. The second-order valence-electron chi connectivity index (χ2n) is 6.19. The molecule has 0 saturated heterocycles. The van der Waals surface area contributed by atoms with E-state index in [1.54, 1.807) is 22.0 Å². The summed E-state index contributed by atoms with van der Waals surface area (Å²) in [5.41, 5.74) is 3.81. The number of hydrogen-bond donors (Lipinski definition) is 0. The van der Waals surface area contributed by atoms with E-state index in [1.807, 2.05) is 43.2 Å². The minimum Gasteiger partial charge on any atom is -0.337 e. The summed E-state index contributed by atoms with van der Waals surface area (Å²) in [6.45, 7) is 3.25. The van der Waals surface area contributed by atoms with Crippen LogP contribution in [0.3, 0.4) is 0 Å². The van der Waals surface area contributed by atoms with Crippen LogP contribution in [0, 0.1) is 0 Å². The van der Waals surface area contributed by atoms with Gasteiger partial charge in [-0.1, -0.05) is 37.3 Å². The largest absolute Gasteiger partial charge is 0.337 e. The van der Waals surface area contributed by atoms with E-state index in [4.69, 9.17) is 0 Å². The molecule has 3 aromatic rings. The maximum atomic E-state index is 12.8. The molecule has 0 radical (unpaired) electrons. The lowest BCUT2D eigenvalue weighted by Gasteiger charge is -2.16. The fraction of sp³-hybridized carbons (Fsp3) is 0.316. The van der Waals surface area contributed by atoms with Crippen LogP contribution in [0.1, 0.15) is 34.1 Å². The van der Waals surface area contributed by atoms with Crippen LogP contribution in [0.2, 0.25) is 0 Å². The van der Waals surface area contributed by atoms with E-state index >= 15 is 0 Å². The van der Waals surface area contributed by atoms with Crippen molar-refractivity contribution < 1.29 is 4.79 Å². The van der Waals surface area contributed by atoms with Crippen LogP contribution in [0.4, 0.5) is 0 Å². The number of nitrogens with zero attached hydrogens (tertiary/aromatic N) is 5. The molecule has 2 heterocycles. The molecule has 0 saturated carbocycles. The summed E-state index contributed by atoms with van der Waals surface area (Å²) in [6, 6.07) is 10.2. The number of aromatic nitrogens is 4. The zero-order chi connectivity index (χ0) is 17.8. The average molecular weight is 337 g/mol. The Morgan fingerprint density at radius 3 is 2.52 bits per heavy atom. The minimum atomic E-state index is -0.0139. The molecule has 6 nitrogen and oxygen atoms in total. The monoisotopic (exact) mass is 337 g/mol. The SMILES string of the molecule is CCc1c(C(=O)N(C)Cc2cnn(C)c2)cnn1Cc1ccccc1. The van der Waals surface area contributed by atoms with Gasteiger partial charge in [0.05, 0.1) is 30.2 Å². The van der Waals surface area contributed by atoms with Crippen molar-refractivity contribution in [3.05, 3.63) is 71.3 Å². The number of rotatable bonds is 6. The number of hydrogen-bond acceptors (Lipinski definition) is 3. The van der Waals surface area contributed by atoms with Crippen molar-refractivity contribution in [3.8, 4) is 0 Å². The highest BCUT2D eigenvalue weighted by Gasteiger charge is 2.20. The quantitative estimate of drug-likeness (QED) is 0.694. The van der Waals surface area contributed by atoms with Crippen molar-refractivity contribution in [1.29, 1.82) is 0 Å². The van der Waals surface area contributed by atoms with Crippen molar-refractivity contribution in [1.82, 2.24) is 24.5 Å². The highest BCUT2D eigenvalue weighted by molar-refractivity contribution is 5.95. The molecule has 0 unspecified atom stereocenters. The molecule has 0 aliphatic carbocycles. The van der Waals surface area contributed by atoms with Gasteiger partial charge in [-0.2, -0.15) is 10.2 Å². The van der Waals surface area contributed by atoms with Gasteiger partial charge in [-0.3, -0.25) is 14.2 Å². The van der Waals surface area contributed by atoms with E-state index < -0.39 is 0 Å². The summed E-state index contributed by atoms with van der Waals surface area (Å²) >= 11 is 0. The van der Waals surface area contributed by atoms with Crippen molar-refractivity contribution in [2.24, 2.45) is 7.05 Å². The van der Waals surface area contributed by atoms with E-state index in [0.717, 1.165) is 17.7 Å². The fourth-order valence-electron chi connectivity index (χ4n) is 2.96. The molecule has 3 rings (SSSR count). The van der Waals surface area contributed by atoms with Crippen molar-refractivity contribution in [2.45, 2.75) is 26.4 Å². The normalized spacial score (nSPS) is 10.8. The van der Waals surface area contributed by atoms with Crippen LogP contribution in [0.25, 0.3) is 0 Å². The van der Waals surface area contributed by atoms with E-state index in [1.165, 1.54) is 5.56 Å². The Labute approximate surface area is 147 Å². The van der Waals surface area contributed by atoms with Gasteiger partial charge in [-0.05, 0) is 12.0 Å². The summed E-state index contributed by atoms with van der Waals surface area (Å²) in [7, 11) is 3.68. The standard InChI is InChI=1S/C19H23N5O/c1-4-18-17(11-21-24(18)14-15-8-6-5-7-9-15)19(25)22(2)12-16-10-20-23(3)13-16/h5-11,13H,4,12,14H2,1-3H3. The predicted octanol–water partition coefficient (Wildman–Crippen LogP) is 2.50. The van der Waals surface area contributed by atoms with Gasteiger partial charge in [0, 0.05) is 32.4 Å². The Bertz CT molecular complexity index is 850. The van der Waals surface area contributed by atoms with Crippen LogP contribution in [-0.4, -0.2) is 37.4 Å². The third kappa shape index (κ3) is 3.79. The molecule has 2 aromatic heterocycles. The average Bonchev–Trinajstić information content (AvgIpc) is 3.21. The lowest BCUT2D eigenvalue weighted by Crippen LogP contribution is -2.27. The van der Waals surface area contributed by atoms with E-state index in [9.17, 15) is 4.79 Å². The molecule has 0 aliphatic heterocycles. The van der Waals surface area contributed by atoms with Gasteiger partial charge in [-0.15, -0.1) is 0 Å². The first kappa shape index (κ1) is 17.0.